The van der Waals surface area contributed by atoms with Gasteiger partial charge in [-0.25, -0.2) is 0 Å². The summed E-state index contributed by atoms with van der Waals surface area (Å²) in [6, 6.07) is 23.5. The van der Waals surface area contributed by atoms with Gasteiger partial charge in [-0.15, -0.1) is 0 Å². The Morgan fingerprint density at radius 1 is 0.853 bits per heavy atom. The maximum Gasteiger partial charge on any atom is 0.174 e. The van der Waals surface area contributed by atoms with Crippen LogP contribution in [0.5, 0.6) is 0 Å². The zero-order chi connectivity index (χ0) is 24.0. The summed E-state index contributed by atoms with van der Waals surface area (Å²) in [5, 5.41) is 4.33. The predicted octanol–water partition coefficient (Wildman–Crippen LogP) is 6.59. The number of aryl methyl sites for hydroxylation is 4. The summed E-state index contributed by atoms with van der Waals surface area (Å²) in [4.78, 5) is 6.99. The minimum atomic E-state index is -0.0552. The molecule has 1 N–H and O–H groups in total. The first-order chi connectivity index (χ1) is 16.3. The lowest BCUT2D eigenvalue weighted by atomic mass is 9.96. The largest absolute Gasteiger partial charge is 0.351 e. The van der Waals surface area contributed by atoms with Crippen molar-refractivity contribution < 1.29 is 0 Å². The number of para-hydroxylation sites is 1. The first-order valence-corrected chi connectivity index (χ1v) is 12.1. The highest BCUT2D eigenvalue weighted by atomic mass is 32.1. The van der Waals surface area contributed by atoms with Crippen molar-refractivity contribution in [1.29, 1.82) is 0 Å². The fourth-order valence-electron chi connectivity index (χ4n) is 5.31. The minimum Gasteiger partial charge on any atom is -0.351 e. The number of aromatic nitrogens is 2. The average molecular weight is 467 g/mol. The zero-order valence-electron chi connectivity index (χ0n) is 20.3. The summed E-state index contributed by atoms with van der Waals surface area (Å²) in [6.45, 7) is 10.8. The Bertz CT molecular complexity index is 1350. The van der Waals surface area contributed by atoms with E-state index in [0.717, 1.165) is 16.5 Å². The van der Waals surface area contributed by atoms with E-state index in [0.29, 0.717) is 0 Å². The van der Waals surface area contributed by atoms with Crippen LogP contribution >= 0.6 is 12.2 Å². The molecule has 0 bridgehead atoms. The molecule has 1 aliphatic rings. The summed E-state index contributed by atoms with van der Waals surface area (Å²) in [6.07, 6.45) is 1.85. The number of nitrogens with one attached hydrogen (secondary N) is 1. The Labute approximate surface area is 207 Å². The molecule has 1 fully saturated rings. The van der Waals surface area contributed by atoms with Crippen molar-refractivity contribution >= 4 is 23.0 Å². The van der Waals surface area contributed by atoms with Crippen molar-refractivity contribution in [1.82, 2.24) is 14.9 Å². The highest BCUT2D eigenvalue weighted by Gasteiger charge is 2.42. The van der Waals surface area contributed by atoms with E-state index in [9.17, 15) is 0 Å². The quantitative estimate of drug-likeness (QED) is 0.344. The lowest BCUT2D eigenvalue weighted by Crippen LogP contribution is -2.29. The Balaban J connectivity index is 1.71. The first-order valence-electron chi connectivity index (χ1n) is 11.7. The molecule has 0 aliphatic carbocycles. The molecular weight excluding hydrogens is 436 g/mol. The topological polar surface area (TPSA) is 33.1 Å². The molecule has 1 saturated heterocycles. The second kappa shape index (κ2) is 8.73. The van der Waals surface area contributed by atoms with Gasteiger partial charge in [0.1, 0.15) is 0 Å². The molecule has 1 aliphatic heterocycles. The van der Waals surface area contributed by atoms with Crippen molar-refractivity contribution in [3.8, 4) is 5.69 Å². The standard InChI is InChI=1S/C29H30N4S/c1-18-14-19(2)16-23(15-18)33-28(27(31-29(33)34)25-11-8-9-13-30-25)24-17-21(4)32(22(24)5)26-12-7-6-10-20(26)3/h6-17,27-28H,1-5H3,(H,31,34)/t27-,28+/m1/s1. The molecule has 0 saturated carbocycles. The molecule has 2 aromatic carbocycles. The Morgan fingerprint density at radius 2 is 1.56 bits per heavy atom. The average Bonchev–Trinajstić information content (AvgIpc) is 3.29. The van der Waals surface area contributed by atoms with Gasteiger partial charge in [-0.2, -0.15) is 0 Å². The van der Waals surface area contributed by atoms with Crippen molar-refractivity contribution in [2.45, 2.75) is 46.7 Å². The predicted molar refractivity (Wildman–Crippen MR) is 144 cm³/mol. The van der Waals surface area contributed by atoms with Crippen LogP contribution in [-0.2, 0) is 0 Å². The number of anilines is 1. The van der Waals surface area contributed by atoms with E-state index in [1.165, 1.54) is 39.3 Å². The van der Waals surface area contributed by atoms with E-state index < -0.39 is 0 Å². The summed E-state index contributed by atoms with van der Waals surface area (Å²) < 4.78 is 2.36. The molecule has 0 amide bonds. The summed E-state index contributed by atoms with van der Waals surface area (Å²) >= 11 is 5.94. The van der Waals surface area contributed by atoms with Crippen LogP contribution in [-0.4, -0.2) is 14.7 Å². The van der Waals surface area contributed by atoms with Gasteiger partial charge in [-0.05, 0) is 105 Å². The normalized spacial score (nSPS) is 17.8. The minimum absolute atomic E-state index is 0.0208. The molecule has 0 spiro atoms. The SMILES string of the molecule is Cc1cc(C)cc(N2C(=S)N[C@H](c3ccccn3)[C@@H]2c2cc(C)n(-c3ccccc3C)c2C)c1. The number of hydrogen-bond donors (Lipinski definition) is 1. The maximum absolute atomic E-state index is 5.94. The van der Waals surface area contributed by atoms with Crippen molar-refractivity contribution in [2.24, 2.45) is 0 Å². The molecule has 0 unspecified atom stereocenters. The third-order valence-corrected chi connectivity index (χ3v) is 7.04. The molecule has 172 valence electrons. The number of thiocarbonyl (C=S) groups is 1. The van der Waals surface area contributed by atoms with Crippen LogP contribution in [0.4, 0.5) is 5.69 Å². The molecule has 4 nitrogen and oxygen atoms in total. The number of nitrogens with zero attached hydrogens (tertiary/aromatic N) is 3. The molecule has 34 heavy (non-hydrogen) atoms. The van der Waals surface area contributed by atoms with Crippen molar-refractivity contribution in [3.05, 3.63) is 112 Å². The fourth-order valence-corrected chi connectivity index (χ4v) is 5.66. The van der Waals surface area contributed by atoms with E-state index in [-0.39, 0.29) is 12.1 Å². The van der Waals surface area contributed by atoms with Gasteiger partial charge in [0.25, 0.3) is 0 Å². The third kappa shape index (κ3) is 3.80. The summed E-state index contributed by atoms with van der Waals surface area (Å²) in [5.41, 5.74) is 10.7. The third-order valence-electron chi connectivity index (χ3n) is 6.73. The lowest BCUT2D eigenvalue weighted by molar-refractivity contribution is 0.565. The molecule has 0 radical (unpaired) electrons. The Kier molecular flexibility index (Phi) is 5.74. The number of hydrogen-bond acceptors (Lipinski definition) is 2. The lowest BCUT2D eigenvalue weighted by Gasteiger charge is -2.29. The Hall–Kier alpha value is -3.44. The van der Waals surface area contributed by atoms with Gasteiger partial charge in [0.2, 0.25) is 0 Å². The molecule has 2 aromatic heterocycles. The molecule has 5 rings (SSSR count). The monoisotopic (exact) mass is 466 g/mol. The second-order valence-corrected chi connectivity index (χ2v) is 9.68. The molecule has 4 aromatic rings. The van der Waals surface area contributed by atoms with Gasteiger partial charge in [0.05, 0.1) is 17.8 Å². The van der Waals surface area contributed by atoms with E-state index in [1.54, 1.807) is 0 Å². The van der Waals surface area contributed by atoms with Crippen LogP contribution in [0.1, 0.15) is 51.4 Å². The molecule has 2 atom stereocenters. The van der Waals surface area contributed by atoms with Crippen LogP contribution in [0.15, 0.2) is 72.9 Å². The highest BCUT2D eigenvalue weighted by Crippen LogP contribution is 2.44. The number of pyridine rings is 1. The Morgan fingerprint density at radius 3 is 2.24 bits per heavy atom. The van der Waals surface area contributed by atoms with E-state index in [2.05, 4.69) is 104 Å². The van der Waals surface area contributed by atoms with Crippen LogP contribution in [0.2, 0.25) is 0 Å². The molecular formula is C29H30N4S. The number of benzene rings is 2. The molecule has 3 heterocycles. The van der Waals surface area contributed by atoms with E-state index >= 15 is 0 Å². The van der Waals surface area contributed by atoms with Crippen LogP contribution < -0.4 is 10.2 Å². The number of rotatable bonds is 4. The first kappa shape index (κ1) is 22.4. The summed E-state index contributed by atoms with van der Waals surface area (Å²) in [5.74, 6) is 0. The van der Waals surface area contributed by atoms with E-state index in [1.807, 2.05) is 18.3 Å². The van der Waals surface area contributed by atoms with Gasteiger partial charge < -0.3 is 14.8 Å². The molecule has 5 heteroatoms. The van der Waals surface area contributed by atoms with Gasteiger partial charge in [-0.1, -0.05) is 30.3 Å². The van der Waals surface area contributed by atoms with Crippen LogP contribution in [0, 0.1) is 34.6 Å². The van der Waals surface area contributed by atoms with Gasteiger partial charge in [0, 0.05) is 29.0 Å². The van der Waals surface area contributed by atoms with Gasteiger partial charge >= 0.3 is 0 Å². The smallest absolute Gasteiger partial charge is 0.174 e. The maximum atomic E-state index is 5.94. The van der Waals surface area contributed by atoms with E-state index in [4.69, 9.17) is 17.2 Å². The zero-order valence-corrected chi connectivity index (χ0v) is 21.1. The van der Waals surface area contributed by atoms with Crippen LogP contribution in [0.3, 0.4) is 0 Å². The van der Waals surface area contributed by atoms with Crippen molar-refractivity contribution in [3.63, 3.8) is 0 Å². The fraction of sp³-hybridized carbons (Fsp3) is 0.241. The van der Waals surface area contributed by atoms with Gasteiger partial charge in [0.15, 0.2) is 5.11 Å². The second-order valence-electron chi connectivity index (χ2n) is 9.29. The summed E-state index contributed by atoms with van der Waals surface area (Å²) in [7, 11) is 0. The van der Waals surface area contributed by atoms with Crippen LogP contribution in [0.25, 0.3) is 5.69 Å². The van der Waals surface area contributed by atoms with Gasteiger partial charge in [-0.3, -0.25) is 4.98 Å². The van der Waals surface area contributed by atoms with Crippen molar-refractivity contribution in [2.75, 3.05) is 4.90 Å². The highest BCUT2D eigenvalue weighted by molar-refractivity contribution is 7.80.